The monoisotopic (exact) mass is 304 g/mol. The predicted molar refractivity (Wildman–Crippen MR) is 76.2 cm³/mol. The van der Waals surface area contributed by atoms with Crippen molar-refractivity contribution in [2.75, 3.05) is 20.2 Å². The lowest BCUT2D eigenvalue weighted by atomic mass is 9.90. The molecule has 0 radical (unpaired) electrons. The zero-order valence-electron chi connectivity index (χ0n) is 12.7. The molecule has 1 aromatic heterocycles. The van der Waals surface area contributed by atoms with Crippen molar-refractivity contribution in [3.05, 3.63) is 17.5 Å². The Bertz CT molecular complexity index is 611. The van der Waals surface area contributed by atoms with Crippen LogP contribution in [-0.4, -0.2) is 42.1 Å². The summed E-state index contributed by atoms with van der Waals surface area (Å²) in [7, 11) is 1.44. The summed E-state index contributed by atoms with van der Waals surface area (Å²) in [4.78, 5) is 25.9. The van der Waals surface area contributed by atoms with Gasteiger partial charge in [-0.05, 0) is 37.5 Å². The molecular formula is C16H20N2O4. The van der Waals surface area contributed by atoms with Crippen molar-refractivity contribution in [1.29, 1.82) is 0 Å². The average molecular weight is 304 g/mol. The molecule has 2 heterocycles. The van der Waals surface area contributed by atoms with Gasteiger partial charge in [0.25, 0.3) is 5.91 Å². The van der Waals surface area contributed by atoms with E-state index in [0.717, 1.165) is 37.9 Å². The van der Waals surface area contributed by atoms with Crippen molar-refractivity contribution in [3.8, 4) is 0 Å². The van der Waals surface area contributed by atoms with Crippen LogP contribution in [0, 0.1) is 11.3 Å². The molecule has 2 saturated carbocycles. The van der Waals surface area contributed by atoms with Crippen LogP contribution in [0.5, 0.6) is 0 Å². The molecule has 118 valence electrons. The third-order valence-corrected chi connectivity index (χ3v) is 5.45. The van der Waals surface area contributed by atoms with Crippen molar-refractivity contribution in [2.24, 2.45) is 11.3 Å². The molecule has 22 heavy (non-hydrogen) atoms. The van der Waals surface area contributed by atoms with Gasteiger partial charge < -0.3 is 14.2 Å². The smallest absolute Gasteiger partial charge is 0.309 e. The fraction of sp³-hybridized carbons (Fsp3) is 0.688. The molecule has 1 saturated heterocycles. The number of likely N-dealkylation sites (tertiary alicyclic amines) is 1. The zero-order chi connectivity index (χ0) is 15.3. The van der Waals surface area contributed by atoms with Crippen molar-refractivity contribution in [3.63, 3.8) is 0 Å². The van der Waals surface area contributed by atoms with Crippen molar-refractivity contribution >= 4 is 11.9 Å². The molecule has 0 unspecified atom stereocenters. The molecule has 0 aromatic carbocycles. The highest BCUT2D eigenvalue weighted by atomic mass is 16.5. The molecule has 6 nitrogen and oxygen atoms in total. The number of aromatic nitrogens is 1. The summed E-state index contributed by atoms with van der Waals surface area (Å²) in [6.45, 7) is 1.36. The Labute approximate surface area is 128 Å². The number of amides is 1. The van der Waals surface area contributed by atoms with E-state index < -0.39 is 0 Å². The van der Waals surface area contributed by atoms with Gasteiger partial charge in [-0.25, -0.2) is 0 Å². The minimum Gasteiger partial charge on any atom is -0.469 e. The van der Waals surface area contributed by atoms with Crippen LogP contribution in [0.4, 0.5) is 0 Å². The first-order valence-corrected chi connectivity index (χ1v) is 7.97. The second-order valence-corrected chi connectivity index (χ2v) is 6.82. The Morgan fingerprint density at radius 3 is 2.73 bits per heavy atom. The highest BCUT2D eigenvalue weighted by molar-refractivity contribution is 5.92. The summed E-state index contributed by atoms with van der Waals surface area (Å²) >= 11 is 0. The maximum absolute atomic E-state index is 12.5. The van der Waals surface area contributed by atoms with Gasteiger partial charge in [0.05, 0.1) is 13.0 Å². The van der Waals surface area contributed by atoms with E-state index in [0.29, 0.717) is 24.7 Å². The highest BCUT2D eigenvalue weighted by Gasteiger charge is 2.59. The maximum Gasteiger partial charge on any atom is 0.309 e. The van der Waals surface area contributed by atoms with Crippen molar-refractivity contribution < 1.29 is 18.8 Å². The fourth-order valence-electron chi connectivity index (χ4n) is 3.64. The molecule has 3 aliphatic rings. The predicted octanol–water partition coefficient (Wildman–Crippen LogP) is 1.97. The average Bonchev–Trinajstić information content (AvgIpc) is 3.46. The van der Waals surface area contributed by atoms with Crippen LogP contribution in [0.1, 0.15) is 54.3 Å². The SMILES string of the molecule is COC(=O)[C@@H]1CC12CCN(C(=O)c1cc(C3CC3)on1)CC2. The summed E-state index contributed by atoms with van der Waals surface area (Å²) < 4.78 is 10.1. The van der Waals surface area contributed by atoms with Gasteiger partial charge in [0.1, 0.15) is 5.76 Å². The minimum atomic E-state index is -0.106. The van der Waals surface area contributed by atoms with Crippen LogP contribution in [0.15, 0.2) is 10.6 Å². The lowest BCUT2D eigenvalue weighted by Crippen LogP contribution is -2.40. The molecule has 1 aliphatic heterocycles. The van der Waals surface area contributed by atoms with Gasteiger partial charge in [0.2, 0.25) is 0 Å². The Hall–Kier alpha value is -1.85. The van der Waals surface area contributed by atoms with E-state index in [9.17, 15) is 9.59 Å². The summed E-state index contributed by atoms with van der Waals surface area (Å²) in [5.74, 6) is 1.17. The number of piperidine rings is 1. The van der Waals surface area contributed by atoms with E-state index in [1.54, 1.807) is 6.07 Å². The van der Waals surface area contributed by atoms with Crippen LogP contribution < -0.4 is 0 Å². The minimum absolute atomic E-state index is 0.0308. The van der Waals surface area contributed by atoms with Gasteiger partial charge >= 0.3 is 5.97 Å². The molecular weight excluding hydrogens is 284 g/mol. The molecule has 4 rings (SSSR count). The van der Waals surface area contributed by atoms with Gasteiger partial charge in [-0.1, -0.05) is 5.16 Å². The molecule has 1 aromatic rings. The summed E-state index contributed by atoms with van der Waals surface area (Å²) in [6.07, 6.45) is 4.89. The van der Waals surface area contributed by atoms with E-state index in [4.69, 9.17) is 9.26 Å². The number of hydrogen-bond donors (Lipinski definition) is 0. The van der Waals surface area contributed by atoms with Crippen LogP contribution in [-0.2, 0) is 9.53 Å². The van der Waals surface area contributed by atoms with Gasteiger partial charge in [-0.3, -0.25) is 9.59 Å². The number of ether oxygens (including phenoxy) is 1. The third kappa shape index (κ3) is 2.21. The quantitative estimate of drug-likeness (QED) is 0.798. The lowest BCUT2D eigenvalue weighted by Gasteiger charge is -2.32. The summed E-state index contributed by atoms with van der Waals surface area (Å²) in [5, 5.41) is 3.92. The number of rotatable bonds is 3. The normalized spacial score (nSPS) is 26.0. The van der Waals surface area contributed by atoms with E-state index in [1.165, 1.54) is 7.11 Å². The molecule has 1 atom stereocenters. The molecule has 0 N–H and O–H groups in total. The number of nitrogens with zero attached hydrogens (tertiary/aromatic N) is 2. The first-order valence-electron chi connectivity index (χ1n) is 7.97. The maximum atomic E-state index is 12.5. The topological polar surface area (TPSA) is 72.6 Å². The number of hydrogen-bond acceptors (Lipinski definition) is 5. The molecule has 0 bridgehead atoms. The number of methoxy groups -OCH3 is 1. The fourth-order valence-corrected chi connectivity index (χ4v) is 3.64. The van der Waals surface area contributed by atoms with Crippen LogP contribution in [0.3, 0.4) is 0 Å². The van der Waals surface area contributed by atoms with Gasteiger partial charge in [-0.2, -0.15) is 0 Å². The lowest BCUT2D eigenvalue weighted by molar-refractivity contribution is -0.143. The zero-order valence-corrected chi connectivity index (χ0v) is 12.7. The van der Waals surface area contributed by atoms with Gasteiger partial charge in [0, 0.05) is 25.1 Å². The molecule has 3 fully saturated rings. The van der Waals surface area contributed by atoms with E-state index in [2.05, 4.69) is 5.16 Å². The molecule has 1 amide bonds. The van der Waals surface area contributed by atoms with E-state index >= 15 is 0 Å². The summed E-state index contributed by atoms with van der Waals surface area (Å²) in [5.41, 5.74) is 0.491. The molecule has 2 aliphatic carbocycles. The second-order valence-electron chi connectivity index (χ2n) is 6.82. The molecule has 6 heteroatoms. The Morgan fingerprint density at radius 1 is 1.36 bits per heavy atom. The molecule has 1 spiro atoms. The van der Waals surface area contributed by atoms with Crippen molar-refractivity contribution in [2.45, 2.75) is 38.0 Å². The Morgan fingerprint density at radius 2 is 2.09 bits per heavy atom. The first-order chi connectivity index (χ1) is 10.6. The van der Waals surface area contributed by atoms with Gasteiger partial charge in [0.15, 0.2) is 5.69 Å². The highest BCUT2D eigenvalue weighted by Crippen LogP contribution is 2.59. The second kappa shape index (κ2) is 4.83. The Kier molecular flexibility index (Phi) is 3.03. The number of carbonyl (C=O) groups is 2. The van der Waals surface area contributed by atoms with Crippen LogP contribution in [0.2, 0.25) is 0 Å². The number of carbonyl (C=O) groups excluding carboxylic acids is 2. The van der Waals surface area contributed by atoms with Crippen molar-refractivity contribution in [1.82, 2.24) is 10.1 Å². The van der Waals surface area contributed by atoms with Crippen LogP contribution >= 0.6 is 0 Å². The third-order valence-electron chi connectivity index (χ3n) is 5.45. The largest absolute Gasteiger partial charge is 0.469 e. The van der Waals surface area contributed by atoms with E-state index in [-0.39, 0.29) is 23.2 Å². The number of esters is 1. The summed E-state index contributed by atoms with van der Waals surface area (Å²) in [6, 6.07) is 1.79. The Balaban J connectivity index is 1.37. The van der Waals surface area contributed by atoms with Gasteiger partial charge in [-0.15, -0.1) is 0 Å². The van der Waals surface area contributed by atoms with Crippen LogP contribution in [0.25, 0.3) is 0 Å². The standard InChI is InChI=1S/C16H20N2O4/c1-21-15(20)11-9-16(11)4-6-18(7-5-16)14(19)12-8-13(22-17-12)10-2-3-10/h8,10-11H,2-7,9H2,1H3/t11-/m0/s1. The first kappa shape index (κ1) is 13.8. The van der Waals surface area contributed by atoms with E-state index in [1.807, 2.05) is 4.90 Å².